The number of carbonyl (C=O) groups is 2. The number of carboxylic acid groups (broad SMARTS) is 1. The summed E-state index contributed by atoms with van der Waals surface area (Å²) in [5.41, 5.74) is 0.470. The van der Waals surface area contributed by atoms with Crippen LogP contribution < -0.4 is 15.4 Å². The average Bonchev–Trinajstić information content (AvgIpc) is 2.47. The Labute approximate surface area is 116 Å². The molecule has 1 saturated heterocycles. The topological polar surface area (TPSA) is 90.9 Å². The predicted octanol–water partition coefficient (Wildman–Crippen LogP) is 0.587. The van der Waals surface area contributed by atoms with Crippen LogP contribution in [-0.2, 0) is 4.79 Å². The molecule has 1 aromatic rings. The van der Waals surface area contributed by atoms with Gasteiger partial charge in [0.05, 0.1) is 5.69 Å². The molecular weight excluding hydrogens is 262 g/mol. The van der Waals surface area contributed by atoms with Crippen molar-refractivity contribution in [3.8, 4) is 5.75 Å². The Hall–Kier alpha value is -2.28. The maximum Gasteiger partial charge on any atom is 0.341 e. The quantitative estimate of drug-likeness (QED) is 0.750. The zero-order chi connectivity index (χ0) is 14.4. The second-order valence-electron chi connectivity index (χ2n) is 4.35. The molecule has 0 bridgehead atoms. The van der Waals surface area contributed by atoms with Crippen molar-refractivity contribution in [2.45, 2.75) is 0 Å². The summed E-state index contributed by atoms with van der Waals surface area (Å²) in [4.78, 5) is 24.3. The highest BCUT2D eigenvalue weighted by Crippen LogP contribution is 2.24. The van der Waals surface area contributed by atoms with Gasteiger partial charge in [0, 0.05) is 26.2 Å². The van der Waals surface area contributed by atoms with Gasteiger partial charge in [-0.05, 0) is 12.1 Å². The number of anilines is 1. The van der Waals surface area contributed by atoms with Gasteiger partial charge in [-0.15, -0.1) is 0 Å². The molecule has 1 aliphatic heterocycles. The molecule has 1 aliphatic rings. The number of hydrogen-bond donors (Lipinski definition) is 3. The number of rotatable bonds is 4. The van der Waals surface area contributed by atoms with E-state index in [0.717, 1.165) is 13.1 Å². The van der Waals surface area contributed by atoms with Gasteiger partial charge in [0.1, 0.15) is 5.75 Å². The van der Waals surface area contributed by atoms with Gasteiger partial charge >= 0.3 is 12.0 Å². The largest absolute Gasteiger partial charge is 0.480 e. The second-order valence-corrected chi connectivity index (χ2v) is 4.35. The molecule has 3 N–H and O–H groups in total. The van der Waals surface area contributed by atoms with Crippen LogP contribution in [0.4, 0.5) is 10.5 Å². The standard InChI is InChI=1S/C13H17N3O4/c17-12(18)9-20-11-4-2-1-3-10(11)15-13(19)16-7-5-14-6-8-16/h1-4,14H,5-9H2,(H,15,19)(H,17,18). The minimum Gasteiger partial charge on any atom is -0.480 e. The van der Waals surface area contributed by atoms with Gasteiger partial charge in [-0.1, -0.05) is 12.1 Å². The van der Waals surface area contributed by atoms with Crippen molar-refractivity contribution in [3.63, 3.8) is 0 Å². The number of nitrogens with zero attached hydrogens (tertiary/aromatic N) is 1. The molecule has 0 unspecified atom stereocenters. The van der Waals surface area contributed by atoms with Gasteiger partial charge in [0.15, 0.2) is 6.61 Å². The van der Waals surface area contributed by atoms with Crippen molar-refractivity contribution >= 4 is 17.7 Å². The molecule has 1 aromatic carbocycles. The Balaban J connectivity index is 2.00. The number of nitrogens with one attached hydrogen (secondary N) is 2. The Morgan fingerprint density at radius 2 is 2.00 bits per heavy atom. The number of hydrogen-bond acceptors (Lipinski definition) is 4. The summed E-state index contributed by atoms with van der Waals surface area (Å²) in [5.74, 6) is -0.716. The number of carboxylic acids is 1. The molecule has 7 nitrogen and oxygen atoms in total. The van der Waals surface area contributed by atoms with Crippen molar-refractivity contribution < 1.29 is 19.4 Å². The Kier molecular flexibility index (Phi) is 4.78. The monoisotopic (exact) mass is 279 g/mol. The van der Waals surface area contributed by atoms with Crippen LogP contribution in [0.3, 0.4) is 0 Å². The van der Waals surface area contributed by atoms with Crippen LogP contribution in [0.1, 0.15) is 0 Å². The lowest BCUT2D eigenvalue weighted by Gasteiger charge is -2.27. The molecule has 7 heteroatoms. The van der Waals surface area contributed by atoms with Crippen LogP contribution in [0, 0.1) is 0 Å². The van der Waals surface area contributed by atoms with Crippen molar-refractivity contribution in [2.24, 2.45) is 0 Å². The Bertz CT molecular complexity index is 486. The second kappa shape index (κ2) is 6.76. The average molecular weight is 279 g/mol. The van der Waals surface area contributed by atoms with Gasteiger partial charge in [-0.2, -0.15) is 0 Å². The number of aliphatic carboxylic acids is 1. The third-order valence-electron chi connectivity index (χ3n) is 2.88. The molecule has 0 atom stereocenters. The molecule has 0 spiro atoms. The first-order valence-electron chi connectivity index (χ1n) is 6.37. The van der Waals surface area contributed by atoms with Gasteiger partial charge in [-0.25, -0.2) is 9.59 Å². The van der Waals surface area contributed by atoms with Crippen LogP contribution in [0.2, 0.25) is 0 Å². The number of para-hydroxylation sites is 2. The van der Waals surface area contributed by atoms with E-state index in [9.17, 15) is 9.59 Å². The molecular formula is C13H17N3O4. The highest BCUT2D eigenvalue weighted by atomic mass is 16.5. The molecule has 0 aromatic heterocycles. The van der Waals surface area contributed by atoms with E-state index in [0.29, 0.717) is 24.5 Å². The number of carbonyl (C=O) groups excluding carboxylic acids is 1. The highest BCUT2D eigenvalue weighted by molar-refractivity contribution is 5.91. The van der Waals surface area contributed by atoms with E-state index in [-0.39, 0.29) is 6.03 Å². The highest BCUT2D eigenvalue weighted by Gasteiger charge is 2.17. The van der Waals surface area contributed by atoms with E-state index in [2.05, 4.69) is 10.6 Å². The number of urea groups is 1. The number of amides is 2. The smallest absolute Gasteiger partial charge is 0.341 e. The van der Waals surface area contributed by atoms with E-state index < -0.39 is 12.6 Å². The Morgan fingerprint density at radius 1 is 1.30 bits per heavy atom. The van der Waals surface area contributed by atoms with E-state index in [1.807, 2.05) is 0 Å². The van der Waals surface area contributed by atoms with Crippen LogP contribution in [-0.4, -0.2) is 54.8 Å². The van der Waals surface area contributed by atoms with E-state index in [1.54, 1.807) is 29.2 Å². The summed E-state index contributed by atoms with van der Waals surface area (Å²) in [6.07, 6.45) is 0. The van der Waals surface area contributed by atoms with E-state index in [1.165, 1.54) is 0 Å². The first kappa shape index (κ1) is 14.1. The lowest BCUT2D eigenvalue weighted by molar-refractivity contribution is -0.139. The minimum atomic E-state index is -1.06. The third-order valence-corrected chi connectivity index (χ3v) is 2.88. The summed E-state index contributed by atoms with van der Waals surface area (Å²) < 4.78 is 5.14. The number of ether oxygens (including phenoxy) is 1. The molecule has 108 valence electrons. The fourth-order valence-electron chi connectivity index (χ4n) is 1.90. The molecule has 1 heterocycles. The zero-order valence-corrected chi connectivity index (χ0v) is 11.0. The van der Waals surface area contributed by atoms with Crippen LogP contribution >= 0.6 is 0 Å². The molecule has 2 rings (SSSR count). The van der Waals surface area contributed by atoms with Crippen molar-refractivity contribution in [1.29, 1.82) is 0 Å². The van der Waals surface area contributed by atoms with E-state index in [4.69, 9.17) is 9.84 Å². The summed E-state index contributed by atoms with van der Waals surface area (Å²) in [7, 11) is 0. The predicted molar refractivity (Wildman–Crippen MR) is 73.0 cm³/mol. The van der Waals surface area contributed by atoms with Gasteiger partial charge < -0.3 is 25.4 Å². The Morgan fingerprint density at radius 3 is 2.70 bits per heavy atom. The van der Waals surface area contributed by atoms with Crippen LogP contribution in [0.15, 0.2) is 24.3 Å². The van der Waals surface area contributed by atoms with E-state index >= 15 is 0 Å². The summed E-state index contributed by atoms with van der Waals surface area (Å²) >= 11 is 0. The van der Waals surface area contributed by atoms with Crippen molar-refractivity contribution in [1.82, 2.24) is 10.2 Å². The number of piperazine rings is 1. The lowest BCUT2D eigenvalue weighted by atomic mass is 10.3. The summed E-state index contributed by atoms with van der Waals surface area (Å²) in [6.45, 7) is 2.38. The van der Waals surface area contributed by atoms with Crippen LogP contribution in [0.5, 0.6) is 5.75 Å². The van der Waals surface area contributed by atoms with Crippen LogP contribution in [0.25, 0.3) is 0 Å². The first-order valence-corrected chi connectivity index (χ1v) is 6.37. The number of benzene rings is 1. The van der Waals surface area contributed by atoms with Crippen molar-refractivity contribution in [3.05, 3.63) is 24.3 Å². The van der Waals surface area contributed by atoms with Gasteiger partial charge in [0.25, 0.3) is 0 Å². The normalized spacial score (nSPS) is 14.7. The van der Waals surface area contributed by atoms with Gasteiger partial charge in [-0.3, -0.25) is 0 Å². The minimum absolute atomic E-state index is 0.210. The molecule has 0 saturated carbocycles. The maximum atomic E-state index is 12.1. The SMILES string of the molecule is O=C(O)COc1ccccc1NC(=O)N1CCNCC1. The zero-order valence-electron chi connectivity index (χ0n) is 11.0. The molecule has 0 radical (unpaired) electrons. The third kappa shape index (κ3) is 3.86. The summed E-state index contributed by atoms with van der Waals surface area (Å²) in [6, 6.07) is 6.56. The summed E-state index contributed by atoms with van der Waals surface area (Å²) in [5, 5.41) is 14.5. The lowest BCUT2D eigenvalue weighted by Crippen LogP contribution is -2.48. The molecule has 2 amide bonds. The van der Waals surface area contributed by atoms with Gasteiger partial charge in [0.2, 0.25) is 0 Å². The molecule has 20 heavy (non-hydrogen) atoms. The maximum absolute atomic E-state index is 12.1. The fourth-order valence-corrected chi connectivity index (χ4v) is 1.90. The first-order chi connectivity index (χ1) is 9.66. The van der Waals surface area contributed by atoms with Crippen molar-refractivity contribution in [2.75, 3.05) is 38.1 Å². The fraction of sp³-hybridized carbons (Fsp3) is 0.385. The molecule has 1 fully saturated rings. The molecule has 0 aliphatic carbocycles.